The first-order valence-corrected chi connectivity index (χ1v) is 10.5. The fourth-order valence-electron chi connectivity index (χ4n) is 4.29. The summed E-state index contributed by atoms with van der Waals surface area (Å²) < 4.78 is 19.2. The van der Waals surface area contributed by atoms with Crippen LogP contribution < -0.4 is 14.5 Å². The molecule has 0 aliphatic carbocycles. The largest absolute Gasteiger partial charge is 0.496 e. The first-order chi connectivity index (χ1) is 15.5. The van der Waals surface area contributed by atoms with E-state index in [1.54, 1.807) is 24.3 Å². The third-order valence-corrected chi connectivity index (χ3v) is 6.04. The average molecular weight is 449 g/mol. The topological polar surface area (TPSA) is 49.9 Å². The zero-order valence-electron chi connectivity index (χ0n) is 17.1. The van der Waals surface area contributed by atoms with E-state index in [0.29, 0.717) is 17.9 Å². The second-order valence-corrected chi connectivity index (χ2v) is 7.91. The van der Waals surface area contributed by atoms with Gasteiger partial charge in [0.2, 0.25) is 0 Å². The molecule has 7 heteroatoms. The lowest BCUT2D eigenvalue weighted by molar-refractivity contribution is -0.120. The van der Waals surface area contributed by atoms with E-state index in [4.69, 9.17) is 16.3 Å². The first kappa shape index (κ1) is 20.3. The molecule has 0 spiro atoms. The number of hydrogen-bond donors (Lipinski definition) is 0. The van der Waals surface area contributed by atoms with Crippen LogP contribution in [0.25, 0.3) is 5.57 Å². The quantitative estimate of drug-likeness (QED) is 0.536. The Morgan fingerprint density at radius 1 is 0.969 bits per heavy atom. The Kier molecular flexibility index (Phi) is 4.94. The Morgan fingerprint density at radius 2 is 1.72 bits per heavy atom. The molecular weight excluding hydrogens is 431 g/mol. The highest BCUT2D eigenvalue weighted by Crippen LogP contribution is 2.42. The monoisotopic (exact) mass is 448 g/mol. The maximum atomic E-state index is 13.8. The van der Waals surface area contributed by atoms with Gasteiger partial charge in [-0.25, -0.2) is 9.29 Å². The summed E-state index contributed by atoms with van der Waals surface area (Å²) in [7, 11) is 1.52. The van der Waals surface area contributed by atoms with Crippen molar-refractivity contribution in [3.63, 3.8) is 0 Å². The van der Waals surface area contributed by atoms with E-state index in [-0.39, 0.29) is 22.0 Å². The summed E-state index contributed by atoms with van der Waals surface area (Å²) in [6.07, 6.45) is 0.753. The molecule has 0 saturated carbocycles. The number of ether oxygens (including phenoxy) is 1. The van der Waals surface area contributed by atoms with Gasteiger partial charge in [-0.2, -0.15) is 0 Å². The number of fused-ring (bicyclic) bond motifs is 1. The van der Waals surface area contributed by atoms with Crippen LogP contribution in [0.3, 0.4) is 0 Å². The van der Waals surface area contributed by atoms with Crippen LogP contribution in [0.4, 0.5) is 15.8 Å². The van der Waals surface area contributed by atoms with Crippen molar-refractivity contribution >= 4 is 40.4 Å². The third kappa shape index (κ3) is 3.07. The molecule has 3 aromatic rings. The summed E-state index contributed by atoms with van der Waals surface area (Å²) in [6.45, 7) is 0.560. The number of methoxy groups -OCH3 is 1. The number of carbonyl (C=O) groups is 2. The van der Waals surface area contributed by atoms with Gasteiger partial charge in [0.15, 0.2) is 0 Å². The molecule has 2 aliphatic rings. The van der Waals surface area contributed by atoms with E-state index in [9.17, 15) is 14.0 Å². The smallest absolute Gasteiger partial charge is 0.282 e. The van der Waals surface area contributed by atoms with Crippen LogP contribution in [0, 0.1) is 5.82 Å². The number of amides is 2. The third-order valence-electron chi connectivity index (χ3n) is 5.75. The number of nitrogens with zero attached hydrogens (tertiary/aromatic N) is 2. The molecule has 5 nitrogen and oxygen atoms in total. The van der Waals surface area contributed by atoms with Gasteiger partial charge in [0.25, 0.3) is 11.8 Å². The SMILES string of the molecule is COc1ccccc1C1=C(N2CCc3ccccc32)C(=O)N(c2ccc(F)c(Cl)c2)C1=O. The predicted molar refractivity (Wildman–Crippen MR) is 121 cm³/mol. The highest BCUT2D eigenvalue weighted by molar-refractivity contribution is 6.47. The number of anilines is 2. The Hall–Kier alpha value is -3.64. The maximum absolute atomic E-state index is 13.8. The Morgan fingerprint density at radius 3 is 2.50 bits per heavy atom. The van der Waals surface area contributed by atoms with Gasteiger partial charge in [0, 0.05) is 17.8 Å². The van der Waals surface area contributed by atoms with Crippen LogP contribution in [0.1, 0.15) is 11.1 Å². The van der Waals surface area contributed by atoms with Gasteiger partial charge in [-0.1, -0.05) is 48.0 Å². The van der Waals surface area contributed by atoms with Crippen molar-refractivity contribution in [2.24, 2.45) is 0 Å². The summed E-state index contributed by atoms with van der Waals surface area (Å²) in [4.78, 5) is 30.3. The van der Waals surface area contributed by atoms with Gasteiger partial charge in [-0.15, -0.1) is 0 Å². The van der Waals surface area contributed by atoms with Crippen molar-refractivity contribution < 1.29 is 18.7 Å². The Bertz CT molecular complexity index is 1300. The fourth-order valence-corrected chi connectivity index (χ4v) is 4.47. The number of para-hydroxylation sites is 2. The van der Waals surface area contributed by atoms with Crippen molar-refractivity contribution in [2.75, 3.05) is 23.5 Å². The van der Waals surface area contributed by atoms with E-state index < -0.39 is 17.6 Å². The minimum atomic E-state index is -0.624. The van der Waals surface area contributed by atoms with Crippen LogP contribution in [-0.4, -0.2) is 25.5 Å². The van der Waals surface area contributed by atoms with Crippen molar-refractivity contribution in [1.82, 2.24) is 0 Å². The molecule has 5 rings (SSSR count). The molecule has 0 aromatic heterocycles. The van der Waals surface area contributed by atoms with E-state index in [1.807, 2.05) is 29.2 Å². The van der Waals surface area contributed by atoms with Crippen molar-refractivity contribution in [3.05, 3.63) is 94.4 Å². The molecule has 0 fully saturated rings. The van der Waals surface area contributed by atoms with Crippen LogP contribution in [0.5, 0.6) is 5.75 Å². The molecular formula is C25H18ClFN2O3. The molecule has 2 aliphatic heterocycles. The summed E-state index contributed by atoms with van der Waals surface area (Å²) >= 11 is 5.95. The number of imide groups is 1. The molecule has 0 saturated heterocycles. The first-order valence-electron chi connectivity index (χ1n) is 10.1. The second-order valence-electron chi connectivity index (χ2n) is 7.50. The average Bonchev–Trinajstić information content (AvgIpc) is 3.33. The summed E-state index contributed by atoms with van der Waals surface area (Å²) in [5, 5.41) is -0.165. The summed E-state index contributed by atoms with van der Waals surface area (Å²) in [5.74, 6) is -1.15. The Labute approximate surface area is 189 Å². The molecule has 2 amide bonds. The maximum Gasteiger partial charge on any atom is 0.282 e. The number of rotatable bonds is 4. The molecule has 3 aromatic carbocycles. The lowest BCUT2D eigenvalue weighted by Crippen LogP contribution is -2.34. The van der Waals surface area contributed by atoms with Crippen LogP contribution >= 0.6 is 11.6 Å². The molecule has 0 bridgehead atoms. The second kappa shape index (κ2) is 7.80. The summed E-state index contributed by atoms with van der Waals surface area (Å²) in [6, 6.07) is 18.7. The van der Waals surface area contributed by atoms with Gasteiger partial charge in [0.05, 0.1) is 23.4 Å². The zero-order valence-corrected chi connectivity index (χ0v) is 17.9. The lowest BCUT2D eigenvalue weighted by atomic mass is 10.0. The van der Waals surface area contributed by atoms with E-state index in [1.165, 1.54) is 19.2 Å². The van der Waals surface area contributed by atoms with Gasteiger partial charge in [0.1, 0.15) is 17.3 Å². The van der Waals surface area contributed by atoms with Crippen LogP contribution in [-0.2, 0) is 16.0 Å². The van der Waals surface area contributed by atoms with Crippen LogP contribution in [0.15, 0.2) is 72.4 Å². The zero-order chi connectivity index (χ0) is 22.4. The van der Waals surface area contributed by atoms with E-state index >= 15 is 0 Å². The molecule has 32 heavy (non-hydrogen) atoms. The lowest BCUT2D eigenvalue weighted by Gasteiger charge is -2.22. The molecule has 0 atom stereocenters. The number of halogens is 2. The molecule has 2 heterocycles. The standard InChI is InChI=1S/C25H18ClFN2O3/c1-32-21-9-5-3-7-17(21)22-23(28-13-12-15-6-2-4-8-20(15)28)25(31)29(24(22)30)16-10-11-19(27)18(26)14-16/h2-11,14H,12-13H2,1H3. The molecule has 0 radical (unpaired) electrons. The van der Waals surface area contributed by atoms with Gasteiger partial charge in [-0.05, 0) is 42.3 Å². The number of benzene rings is 3. The van der Waals surface area contributed by atoms with Crippen LogP contribution in [0.2, 0.25) is 5.02 Å². The highest BCUT2D eigenvalue weighted by atomic mass is 35.5. The fraction of sp³-hybridized carbons (Fsp3) is 0.120. The van der Waals surface area contributed by atoms with Crippen molar-refractivity contribution in [1.29, 1.82) is 0 Å². The highest BCUT2D eigenvalue weighted by Gasteiger charge is 2.45. The molecule has 0 unspecified atom stereocenters. The van der Waals surface area contributed by atoms with E-state index in [2.05, 4.69) is 0 Å². The molecule has 0 N–H and O–H groups in total. The number of carbonyl (C=O) groups excluding carboxylic acids is 2. The van der Waals surface area contributed by atoms with Gasteiger partial charge < -0.3 is 9.64 Å². The Balaban J connectivity index is 1.72. The van der Waals surface area contributed by atoms with Gasteiger partial charge >= 0.3 is 0 Å². The van der Waals surface area contributed by atoms with Crippen molar-refractivity contribution in [2.45, 2.75) is 6.42 Å². The normalized spacial score (nSPS) is 15.6. The predicted octanol–water partition coefficient (Wildman–Crippen LogP) is 4.83. The molecule has 160 valence electrons. The summed E-state index contributed by atoms with van der Waals surface area (Å²) in [5.41, 5.74) is 3.22. The minimum Gasteiger partial charge on any atom is -0.496 e. The number of hydrogen-bond acceptors (Lipinski definition) is 4. The minimum absolute atomic E-state index is 0.165. The van der Waals surface area contributed by atoms with Gasteiger partial charge in [-0.3, -0.25) is 9.59 Å². The van der Waals surface area contributed by atoms with E-state index in [0.717, 1.165) is 28.6 Å². The van der Waals surface area contributed by atoms with Crippen molar-refractivity contribution in [3.8, 4) is 5.75 Å².